The summed E-state index contributed by atoms with van der Waals surface area (Å²) >= 11 is 0. The lowest BCUT2D eigenvalue weighted by molar-refractivity contribution is -0.147. The maximum atomic E-state index is 10.7. The third-order valence-corrected chi connectivity index (χ3v) is 3.36. The van der Waals surface area contributed by atoms with Crippen molar-refractivity contribution in [3.8, 4) is 0 Å². The fourth-order valence-corrected chi connectivity index (χ4v) is 2.68. The van der Waals surface area contributed by atoms with Crippen LogP contribution in [0.4, 0.5) is 0 Å². The Morgan fingerprint density at radius 3 is 2.09 bits per heavy atom. The second-order valence-corrected chi connectivity index (χ2v) is 3.96. The topological polar surface area (TPSA) is 37.3 Å². The molecule has 2 bridgehead atoms. The van der Waals surface area contributed by atoms with Crippen molar-refractivity contribution in [1.29, 1.82) is 0 Å². The fourth-order valence-electron chi connectivity index (χ4n) is 2.68. The Morgan fingerprint density at radius 1 is 1.18 bits per heavy atom. The van der Waals surface area contributed by atoms with Crippen LogP contribution in [0.3, 0.4) is 0 Å². The van der Waals surface area contributed by atoms with Gasteiger partial charge < -0.3 is 5.11 Å². The summed E-state index contributed by atoms with van der Waals surface area (Å²) in [5.74, 6) is 0.695. The van der Waals surface area contributed by atoms with Gasteiger partial charge in [-0.3, -0.25) is 4.79 Å². The molecule has 3 saturated carbocycles. The summed E-state index contributed by atoms with van der Waals surface area (Å²) in [7, 11) is 0. The van der Waals surface area contributed by atoms with E-state index < -0.39 is 5.97 Å². The van der Waals surface area contributed by atoms with E-state index in [1.807, 2.05) is 0 Å². The molecule has 0 saturated heterocycles. The number of rotatable bonds is 1. The predicted molar refractivity (Wildman–Crippen MR) is 41.2 cm³/mol. The van der Waals surface area contributed by atoms with Crippen LogP contribution in [0.1, 0.15) is 32.1 Å². The van der Waals surface area contributed by atoms with Gasteiger partial charge in [0, 0.05) is 0 Å². The van der Waals surface area contributed by atoms with Gasteiger partial charge in [-0.2, -0.15) is 0 Å². The summed E-state index contributed by atoms with van der Waals surface area (Å²) in [5.41, 5.74) is 0. The highest BCUT2D eigenvalue weighted by molar-refractivity contribution is 5.70. The van der Waals surface area contributed by atoms with E-state index in [1.54, 1.807) is 0 Å². The molecule has 0 aliphatic heterocycles. The normalized spacial score (nSPS) is 42.4. The number of aliphatic carboxylic acids is 1. The van der Waals surface area contributed by atoms with Crippen LogP contribution in [0.15, 0.2) is 0 Å². The van der Waals surface area contributed by atoms with Gasteiger partial charge in [0.15, 0.2) is 0 Å². The molecule has 62 valence electrons. The quantitative estimate of drug-likeness (QED) is 0.626. The molecule has 11 heavy (non-hydrogen) atoms. The number of hydrogen-bond acceptors (Lipinski definition) is 1. The van der Waals surface area contributed by atoms with Crippen LogP contribution in [-0.4, -0.2) is 11.1 Å². The van der Waals surface area contributed by atoms with Gasteiger partial charge in [0.1, 0.15) is 0 Å². The molecule has 2 nitrogen and oxygen atoms in total. The minimum Gasteiger partial charge on any atom is -0.481 e. The lowest BCUT2D eigenvalue weighted by atomic mass is 9.65. The van der Waals surface area contributed by atoms with Crippen LogP contribution in [0, 0.1) is 17.8 Å². The van der Waals surface area contributed by atoms with E-state index in [0.29, 0.717) is 5.92 Å². The Kier molecular flexibility index (Phi) is 1.63. The molecule has 1 atom stereocenters. The minimum absolute atomic E-state index is 0.00231. The van der Waals surface area contributed by atoms with Gasteiger partial charge in [-0.15, -0.1) is 0 Å². The third-order valence-electron chi connectivity index (χ3n) is 3.36. The first-order valence-electron chi connectivity index (χ1n) is 4.50. The second-order valence-electron chi connectivity index (χ2n) is 3.96. The summed E-state index contributed by atoms with van der Waals surface area (Å²) in [6, 6.07) is 0. The van der Waals surface area contributed by atoms with E-state index in [1.165, 1.54) is 25.7 Å². The maximum absolute atomic E-state index is 10.7. The van der Waals surface area contributed by atoms with Crippen molar-refractivity contribution in [2.75, 3.05) is 0 Å². The number of hydrogen-bond donors (Lipinski definition) is 1. The standard InChI is InChI=1S/C9H14O2/c10-9(11)8-5-6-1-3-7(8)4-2-6/h6-8H,1-5H2,(H,10,11)/t6-,7+,8?. The fraction of sp³-hybridized carbons (Fsp3) is 0.889. The predicted octanol–water partition coefficient (Wildman–Crippen LogP) is 1.90. The molecule has 0 heterocycles. The first kappa shape index (κ1) is 7.14. The Bertz CT molecular complexity index is 168. The van der Waals surface area contributed by atoms with Gasteiger partial charge in [0.25, 0.3) is 0 Å². The zero-order valence-corrected chi connectivity index (χ0v) is 6.62. The molecular weight excluding hydrogens is 140 g/mol. The summed E-state index contributed by atoms with van der Waals surface area (Å²) in [5, 5.41) is 8.86. The first-order chi connectivity index (χ1) is 5.27. The molecule has 3 rings (SSSR count). The lowest BCUT2D eigenvalue weighted by Crippen LogP contribution is -2.35. The highest BCUT2D eigenvalue weighted by Crippen LogP contribution is 2.44. The van der Waals surface area contributed by atoms with E-state index in [-0.39, 0.29) is 5.92 Å². The van der Waals surface area contributed by atoms with Crippen LogP contribution >= 0.6 is 0 Å². The van der Waals surface area contributed by atoms with Gasteiger partial charge in [0.2, 0.25) is 0 Å². The Hall–Kier alpha value is -0.530. The molecule has 1 unspecified atom stereocenters. The van der Waals surface area contributed by atoms with Crippen molar-refractivity contribution in [2.24, 2.45) is 17.8 Å². The first-order valence-corrected chi connectivity index (χ1v) is 4.50. The van der Waals surface area contributed by atoms with E-state index in [4.69, 9.17) is 5.11 Å². The molecule has 1 N–H and O–H groups in total. The molecule has 0 spiro atoms. The molecular formula is C9H14O2. The number of carboxylic acid groups (broad SMARTS) is 1. The van der Waals surface area contributed by atoms with Crippen LogP contribution in [0.5, 0.6) is 0 Å². The van der Waals surface area contributed by atoms with Crippen molar-refractivity contribution in [2.45, 2.75) is 32.1 Å². The molecule has 0 aromatic heterocycles. The molecule has 0 radical (unpaired) electrons. The van der Waals surface area contributed by atoms with E-state index in [0.717, 1.165) is 12.3 Å². The lowest BCUT2D eigenvalue weighted by Gasteiger charge is -2.40. The highest BCUT2D eigenvalue weighted by Gasteiger charge is 2.39. The summed E-state index contributed by atoms with van der Waals surface area (Å²) in [6.07, 6.45) is 5.87. The van der Waals surface area contributed by atoms with E-state index in [2.05, 4.69) is 0 Å². The average molecular weight is 154 g/mol. The van der Waals surface area contributed by atoms with Crippen LogP contribution in [0.25, 0.3) is 0 Å². The Morgan fingerprint density at radius 2 is 1.82 bits per heavy atom. The molecule has 3 aliphatic carbocycles. The van der Waals surface area contributed by atoms with Crippen molar-refractivity contribution in [1.82, 2.24) is 0 Å². The molecule has 0 amide bonds. The zero-order valence-electron chi connectivity index (χ0n) is 6.62. The largest absolute Gasteiger partial charge is 0.481 e. The van der Waals surface area contributed by atoms with Crippen molar-refractivity contribution < 1.29 is 9.90 Å². The van der Waals surface area contributed by atoms with Crippen LogP contribution in [0.2, 0.25) is 0 Å². The molecule has 2 heteroatoms. The molecule has 3 fully saturated rings. The highest BCUT2D eigenvalue weighted by atomic mass is 16.4. The maximum Gasteiger partial charge on any atom is 0.306 e. The van der Waals surface area contributed by atoms with Crippen molar-refractivity contribution in [3.05, 3.63) is 0 Å². The molecule has 3 aliphatic rings. The van der Waals surface area contributed by atoms with Gasteiger partial charge in [-0.05, 0) is 31.1 Å². The van der Waals surface area contributed by atoms with Crippen molar-refractivity contribution in [3.63, 3.8) is 0 Å². The van der Waals surface area contributed by atoms with Crippen molar-refractivity contribution >= 4 is 5.97 Å². The number of carbonyl (C=O) groups is 1. The summed E-state index contributed by atoms with van der Waals surface area (Å²) < 4.78 is 0. The minimum atomic E-state index is -0.556. The van der Waals surface area contributed by atoms with Crippen LogP contribution < -0.4 is 0 Å². The summed E-state index contributed by atoms with van der Waals surface area (Å²) in [4.78, 5) is 10.7. The monoisotopic (exact) mass is 154 g/mol. The summed E-state index contributed by atoms with van der Waals surface area (Å²) in [6.45, 7) is 0. The zero-order chi connectivity index (χ0) is 7.84. The Labute approximate surface area is 66.6 Å². The van der Waals surface area contributed by atoms with Crippen LogP contribution in [-0.2, 0) is 4.79 Å². The number of fused-ring (bicyclic) bond motifs is 3. The van der Waals surface area contributed by atoms with Gasteiger partial charge in [-0.1, -0.05) is 12.8 Å². The molecule has 0 aromatic carbocycles. The van der Waals surface area contributed by atoms with Gasteiger partial charge >= 0.3 is 5.97 Å². The number of carboxylic acids is 1. The third kappa shape index (κ3) is 1.15. The smallest absolute Gasteiger partial charge is 0.306 e. The Balaban J connectivity index is 2.08. The molecule has 0 aromatic rings. The van der Waals surface area contributed by atoms with E-state index in [9.17, 15) is 4.79 Å². The SMILES string of the molecule is O=C(O)C1C[C@H]2CC[C@@H]1CC2. The second kappa shape index (κ2) is 2.50. The van der Waals surface area contributed by atoms with Gasteiger partial charge in [-0.25, -0.2) is 0 Å². The van der Waals surface area contributed by atoms with E-state index >= 15 is 0 Å². The average Bonchev–Trinajstić information content (AvgIpc) is 2.06. The van der Waals surface area contributed by atoms with Gasteiger partial charge in [0.05, 0.1) is 5.92 Å².